The summed E-state index contributed by atoms with van der Waals surface area (Å²) in [7, 11) is 1.76. The number of alkyl halides is 2. The van der Waals surface area contributed by atoms with Crippen LogP contribution in [0.15, 0.2) is 36.5 Å². The highest BCUT2D eigenvalue weighted by atomic mass is 19.3. The lowest BCUT2D eigenvalue weighted by atomic mass is 9.81. The number of benzene rings is 1. The van der Waals surface area contributed by atoms with Gasteiger partial charge in [-0.25, -0.2) is 8.78 Å². The van der Waals surface area contributed by atoms with Crippen LogP contribution in [0.4, 0.5) is 8.78 Å². The second kappa shape index (κ2) is 6.37. The summed E-state index contributed by atoms with van der Waals surface area (Å²) in [6, 6.07) is 9.94. The molecule has 1 aliphatic heterocycles. The minimum absolute atomic E-state index is 0.00999. The number of nitrogens with one attached hydrogen (secondary N) is 1. The van der Waals surface area contributed by atoms with Gasteiger partial charge >= 0.3 is 0 Å². The fraction of sp³-hybridized carbons (Fsp3) is 0.524. The molecular weight excluding hydrogens is 362 g/mol. The summed E-state index contributed by atoms with van der Waals surface area (Å²) in [4.78, 5) is 15.1. The number of hydrogen-bond acceptors (Lipinski definition) is 3. The summed E-state index contributed by atoms with van der Waals surface area (Å²) in [6.45, 7) is 2.44. The smallest absolute Gasteiger partial charge is 0.270 e. The Hall–Kier alpha value is -2.28. The quantitative estimate of drug-likeness (QED) is 0.879. The first-order valence-electron chi connectivity index (χ1n) is 9.89. The molecule has 148 valence electrons. The highest BCUT2D eigenvalue weighted by molar-refractivity contribution is 5.92. The number of nitrogens with zero attached hydrogens (tertiary/aromatic N) is 3. The van der Waals surface area contributed by atoms with Crippen molar-refractivity contribution in [1.82, 2.24) is 20.0 Å². The second-order valence-corrected chi connectivity index (χ2v) is 8.54. The van der Waals surface area contributed by atoms with E-state index < -0.39 is 5.92 Å². The number of likely N-dealkylation sites (tertiary alicyclic amines) is 1. The molecule has 1 N–H and O–H groups in total. The van der Waals surface area contributed by atoms with E-state index in [0.717, 1.165) is 19.6 Å². The Bertz CT molecular complexity index is 903. The van der Waals surface area contributed by atoms with Gasteiger partial charge in [0.15, 0.2) is 0 Å². The van der Waals surface area contributed by atoms with E-state index in [0.29, 0.717) is 11.6 Å². The average Bonchev–Trinajstić information content (AvgIpc) is 3.30. The summed E-state index contributed by atoms with van der Waals surface area (Å²) < 4.78 is 28.0. The molecule has 2 fully saturated rings. The molecule has 2 heterocycles. The van der Waals surface area contributed by atoms with Gasteiger partial charge in [0.1, 0.15) is 5.69 Å². The van der Waals surface area contributed by atoms with Crippen LogP contribution in [-0.2, 0) is 7.05 Å². The molecule has 1 saturated heterocycles. The predicted molar refractivity (Wildman–Crippen MR) is 100 cm³/mol. The largest absolute Gasteiger partial charge is 0.344 e. The van der Waals surface area contributed by atoms with Crippen LogP contribution in [0.2, 0.25) is 0 Å². The Morgan fingerprint density at radius 3 is 2.64 bits per heavy atom. The first-order chi connectivity index (χ1) is 13.4. The van der Waals surface area contributed by atoms with Gasteiger partial charge in [0.2, 0.25) is 5.92 Å². The Labute approximate surface area is 162 Å². The van der Waals surface area contributed by atoms with E-state index in [1.807, 2.05) is 12.1 Å². The van der Waals surface area contributed by atoms with E-state index in [2.05, 4.69) is 27.4 Å². The maximum atomic E-state index is 13.2. The van der Waals surface area contributed by atoms with Crippen molar-refractivity contribution in [2.75, 3.05) is 19.6 Å². The zero-order valence-corrected chi connectivity index (χ0v) is 15.8. The van der Waals surface area contributed by atoms with Gasteiger partial charge in [0, 0.05) is 57.6 Å². The van der Waals surface area contributed by atoms with Gasteiger partial charge in [-0.05, 0) is 23.1 Å². The Kier molecular flexibility index (Phi) is 4.05. The van der Waals surface area contributed by atoms with Crippen LogP contribution in [0.25, 0.3) is 0 Å². The summed E-state index contributed by atoms with van der Waals surface area (Å²) >= 11 is 0. The van der Waals surface area contributed by atoms with Gasteiger partial charge in [-0.3, -0.25) is 9.48 Å². The zero-order valence-electron chi connectivity index (χ0n) is 15.8. The molecule has 3 atom stereocenters. The maximum absolute atomic E-state index is 13.2. The highest BCUT2D eigenvalue weighted by Gasteiger charge is 2.50. The van der Waals surface area contributed by atoms with Crippen LogP contribution >= 0.6 is 0 Å². The van der Waals surface area contributed by atoms with Crippen molar-refractivity contribution in [1.29, 1.82) is 0 Å². The van der Waals surface area contributed by atoms with E-state index in [-0.39, 0.29) is 36.6 Å². The summed E-state index contributed by atoms with van der Waals surface area (Å²) in [5, 5.41) is 7.30. The molecule has 28 heavy (non-hydrogen) atoms. The molecule has 1 aromatic heterocycles. The topological polar surface area (TPSA) is 50.2 Å². The molecule has 2 aliphatic carbocycles. The zero-order chi connectivity index (χ0) is 19.5. The lowest BCUT2D eigenvalue weighted by Crippen LogP contribution is -2.42. The molecule has 5 nitrogen and oxygen atoms in total. The predicted octanol–water partition coefficient (Wildman–Crippen LogP) is 2.97. The van der Waals surface area contributed by atoms with Gasteiger partial charge < -0.3 is 10.2 Å². The number of fused-ring (bicyclic) bond motifs is 3. The fourth-order valence-corrected chi connectivity index (χ4v) is 5.37. The number of amides is 1. The number of aromatic nitrogens is 2. The van der Waals surface area contributed by atoms with Crippen LogP contribution in [0.3, 0.4) is 0 Å². The van der Waals surface area contributed by atoms with Crippen molar-refractivity contribution in [2.24, 2.45) is 18.9 Å². The Balaban J connectivity index is 1.34. The molecule has 1 saturated carbocycles. The summed E-state index contributed by atoms with van der Waals surface area (Å²) in [5.74, 6) is -1.89. The van der Waals surface area contributed by atoms with Gasteiger partial charge in [-0.15, -0.1) is 0 Å². The molecule has 0 bridgehead atoms. The molecule has 5 rings (SSSR count). The standard InChI is InChI=1S/C21H24F2N4O/c1-26-18(6-7-24-26)20(28)25-19-15-5-3-2-4-14(15)16-11-27(12-17(16)19)10-13-8-21(22,23)9-13/h2-7,13,16-17,19H,8-12H2,1H3,(H,25,28)/t16-,17-,19+/m0/s1. The van der Waals surface area contributed by atoms with E-state index in [1.165, 1.54) is 11.1 Å². The maximum Gasteiger partial charge on any atom is 0.270 e. The van der Waals surface area contributed by atoms with Crippen LogP contribution in [0.5, 0.6) is 0 Å². The van der Waals surface area contributed by atoms with Gasteiger partial charge in [-0.2, -0.15) is 5.10 Å². The molecular formula is C21H24F2N4O. The van der Waals surface area contributed by atoms with Gasteiger partial charge in [-0.1, -0.05) is 24.3 Å². The molecule has 0 radical (unpaired) electrons. The Morgan fingerprint density at radius 1 is 1.21 bits per heavy atom. The van der Waals surface area contributed by atoms with E-state index in [1.54, 1.807) is 24.0 Å². The monoisotopic (exact) mass is 386 g/mol. The third-order valence-electron chi connectivity index (χ3n) is 6.63. The van der Waals surface area contributed by atoms with Crippen LogP contribution in [-0.4, -0.2) is 46.1 Å². The number of hydrogen-bond donors (Lipinski definition) is 1. The SMILES string of the molecule is Cn1nccc1C(=O)N[C@@H]1c2ccccc2[C@@H]2CN(CC3CC(F)(F)C3)C[C@H]12. The fourth-order valence-electron chi connectivity index (χ4n) is 5.37. The average molecular weight is 386 g/mol. The minimum Gasteiger partial charge on any atom is -0.344 e. The summed E-state index contributed by atoms with van der Waals surface area (Å²) in [6.07, 6.45) is 1.64. The third-order valence-corrected chi connectivity index (χ3v) is 6.63. The van der Waals surface area contributed by atoms with Crippen molar-refractivity contribution in [2.45, 2.75) is 30.7 Å². The number of aryl methyl sites for hydroxylation is 1. The van der Waals surface area contributed by atoms with E-state index >= 15 is 0 Å². The van der Waals surface area contributed by atoms with E-state index in [4.69, 9.17) is 0 Å². The molecule has 7 heteroatoms. The molecule has 3 aliphatic rings. The van der Waals surface area contributed by atoms with Gasteiger partial charge in [0.25, 0.3) is 5.91 Å². The van der Waals surface area contributed by atoms with Crippen LogP contribution < -0.4 is 5.32 Å². The second-order valence-electron chi connectivity index (χ2n) is 8.54. The third kappa shape index (κ3) is 2.92. The molecule has 2 aromatic rings. The normalized spacial score (nSPS) is 28.6. The lowest BCUT2D eigenvalue weighted by molar-refractivity contribution is -0.115. The van der Waals surface area contributed by atoms with Crippen LogP contribution in [0.1, 0.15) is 46.4 Å². The molecule has 1 amide bonds. The lowest BCUT2D eigenvalue weighted by Gasteiger charge is -2.37. The minimum atomic E-state index is -2.47. The van der Waals surface area contributed by atoms with Crippen molar-refractivity contribution in [3.05, 3.63) is 53.3 Å². The molecule has 0 unspecified atom stereocenters. The first-order valence-corrected chi connectivity index (χ1v) is 9.89. The van der Waals surface area contributed by atoms with Crippen molar-refractivity contribution in [3.63, 3.8) is 0 Å². The van der Waals surface area contributed by atoms with Crippen molar-refractivity contribution in [3.8, 4) is 0 Å². The van der Waals surface area contributed by atoms with Crippen LogP contribution in [0, 0.1) is 11.8 Å². The van der Waals surface area contributed by atoms with Crippen molar-refractivity contribution >= 4 is 5.91 Å². The first kappa shape index (κ1) is 17.8. The number of carbonyl (C=O) groups is 1. The Morgan fingerprint density at radius 2 is 1.96 bits per heavy atom. The molecule has 1 aromatic carbocycles. The number of rotatable bonds is 4. The number of halogens is 2. The summed E-state index contributed by atoms with van der Waals surface area (Å²) in [5.41, 5.74) is 3.00. The van der Waals surface area contributed by atoms with Crippen molar-refractivity contribution < 1.29 is 13.6 Å². The number of carbonyl (C=O) groups excluding carboxylic acids is 1. The highest BCUT2D eigenvalue weighted by Crippen LogP contribution is 2.50. The van der Waals surface area contributed by atoms with Gasteiger partial charge in [0.05, 0.1) is 6.04 Å². The van der Waals surface area contributed by atoms with E-state index in [9.17, 15) is 13.6 Å². The molecule has 0 spiro atoms.